The Labute approximate surface area is 57.0 Å². The van der Waals surface area contributed by atoms with Crippen molar-refractivity contribution >= 4 is 5.82 Å². The van der Waals surface area contributed by atoms with Gasteiger partial charge in [-0.05, 0) is 23.9 Å². The van der Waals surface area contributed by atoms with E-state index >= 15 is 0 Å². The first kappa shape index (κ1) is 6.92. The predicted octanol–water partition coefficient (Wildman–Crippen LogP) is 1.97. The first-order valence-corrected chi connectivity index (χ1v) is 2.74. The molecule has 1 aromatic rings. The van der Waals surface area contributed by atoms with E-state index in [0.29, 0.717) is 0 Å². The van der Waals surface area contributed by atoms with Crippen LogP contribution in [0.4, 0.5) is 14.8 Å². The lowest BCUT2D eigenvalue weighted by Gasteiger charge is -1.98. The monoisotopic (exact) mass is 144 g/mol. The fourth-order valence-corrected chi connectivity index (χ4v) is 0.560. The first-order chi connectivity index (χ1) is 4.70. The van der Waals surface area contributed by atoms with Gasteiger partial charge in [0.1, 0.15) is 0 Å². The average Bonchev–Trinajstić information content (AvgIpc) is 1.88. The molecule has 0 aliphatic heterocycles. The van der Waals surface area contributed by atoms with Gasteiger partial charge in [0.05, 0.1) is 0 Å². The Morgan fingerprint density at radius 2 is 2.10 bits per heavy atom. The molecule has 0 amide bonds. The lowest BCUT2D eigenvalue weighted by molar-refractivity contribution is 0.231. The molecule has 0 N–H and O–H groups in total. The van der Waals surface area contributed by atoms with Crippen LogP contribution in [0.15, 0.2) is 18.3 Å². The average molecular weight is 144 g/mol. The third-order valence-corrected chi connectivity index (χ3v) is 1.07. The highest BCUT2D eigenvalue weighted by atomic mass is 19.4. The number of anilines is 1. The summed E-state index contributed by atoms with van der Waals surface area (Å²) in [5.41, 5.74) is 0.866. The standard InChI is InChI=1S/C6H6F2N2/c1-5-2-3-6(9-4-5)10(7)8/h2-4H,1H3. The molecule has 1 heterocycles. The fourth-order valence-electron chi connectivity index (χ4n) is 0.560. The van der Waals surface area contributed by atoms with Crippen LogP contribution in [0.2, 0.25) is 0 Å². The second-order valence-corrected chi connectivity index (χ2v) is 1.93. The van der Waals surface area contributed by atoms with Crippen LogP contribution in [-0.4, -0.2) is 4.98 Å². The molecule has 0 aromatic carbocycles. The smallest absolute Gasteiger partial charge is 0.193 e. The molecule has 4 heteroatoms. The Kier molecular flexibility index (Phi) is 1.80. The van der Waals surface area contributed by atoms with E-state index in [2.05, 4.69) is 4.98 Å². The number of nitrogens with zero attached hydrogens (tertiary/aromatic N) is 2. The summed E-state index contributed by atoms with van der Waals surface area (Å²) < 4.78 is 23.3. The Balaban J connectivity index is 2.89. The van der Waals surface area contributed by atoms with Gasteiger partial charge in [-0.25, -0.2) is 4.98 Å². The summed E-state index contributed by atoms with van der Waals surface area (Å²) >= 11 is 0. The van der Waals surface area contributed by atoms with Gasteiger partial charge in [-0.2, -0.15) is 0 Å². The molecule has 0 saturated heterocycles. The second-order valence-electron chi connectivity index (χ2n) is 1.93. The lowest BCUT2D eigenvalue weighted by Crippen LogP contribution is -1.97. The summed E-state index contributed by atoms with van der Waals surface area (Å²) in [7, 11) is 0. The van der Waals surface area contributed by atoms with Gasteiger partial charge in [0, 0.05) is 6.20 Å². The third kappa shape index (κ3) is 1.40. The molecular formula is C6H6F2N2. The van der Waals surface area contributed by atoms with Gasteiger partial charge in [-0.3, -0.25) is 0 Å². The molecule has 0 bridgehead atoms. The molecule has 1 aromatic heterocycles. The van der Waals surface area contributed by atoms with Crippen molar-refractivity contribution in [1.29, 1.82) is 0 Å². The zero-order valence-corrected chi connectivity index (χ0v) is 5.38. The van der Waals surface area contributed by atoms with Crippen LogP contribution in [0.1, 0.15) is 5.56 Å². The fraction of sp³-hybridized carbons (Fsp3) is 0.167. The second kappa shape index (κ2) is 2.60. The highest BCUT2D eigenvalue weighted by molar-refractivity contribution is 5.32. The van der Waals surface area contributed by atoms with Gasteiger partial charge >= 0.3 is 0 Å². The Morgan fingerprint density at radius 3 is 2.50 bits per heavy atom. The molecule has 0 atom stereocenters. The van der Waals surface area contributed by atoms with Crippen LogP contribution < -0.4 is 5.34 Å². The summed E-state index contributed by atoms with van der Waals surface area (Å²) in [5, 5.41) is -1.01. The SMILES string of the molecule is Cc1ccc(N(F)F)nc1. The lowest BCUT2D eigenvalue weighted by atomic mass is 10.3. The predicted molar refractivity (Wildman–Crippen MR) is 33.7 cm³/mol. The van der Waals surface area contributed by atoms with Gasteiger partial charge in [-0.15, -0.1) is 0 Å². The molecule has 0 aliphatic rings. The van der Waals surface area contributed by atoms with Crippen molar-refractivity contribution in [3.05, 3.63) is 23.9 Å². The molecule has 10 heavy (non-hydrogen) atoms. The normalized spacial score (nSPS) is 9.50. The van der Waals surface area contributed by atoms with Crippen molar-refractivity contribution in [2.45, 2.75) is 6.92 Å². The molecule has 0 unspecified atom stereocenters. The summed E-state index contributed by atoms with van der Waals surface area (Å²) in [6.45, 7) is 1.79. The topological polar surface area (TPSA) is 16.1 Å². The van der Waals surface area contributed by atoms with Gasteiger partial charge in [0.25, 0.3) is 0 Å². The molecule has 0 aliphatic carbocycles. The summed E-state index contributed by atoms with van der Waals surface area (Å²) in [4.78, 5) is 3.45. The molecule has 54 valence electrons. The quantitative estimate of drug-likeness (QED) is 0.560. The number of aryl methyl sites for hydroxylation is 1. The molecule has 1 rings (SSSR count). The minimum absolute atomic E-state index is 0.328. The number of aromatic nitrogens is 1. The van der Waals surface area contributed by atoms with Crippen molar-refractivity contribution in [3.8, 4) is 0 Å². The molecule has 0 fully saturated rings. The maximum Gasteiger partial charge on any atom is 0.193 e. The number of pyridine rings is 1. The minimum atomic E-state index is -1.01. The first-order valence-electron chi connectivity index (χ1n) is 2.74. The van der Waals surface area contributed by atoms with E-state index in [1.54, 1.807) is 13.0 Å². The molecular weight excluding hydrogens is 138 g/mol. The van der Waals surface area contributed by atoms with Gasteiger partial charge < -0.3 is 0 Å². The Morgan fingerprint density at radius 1 is 1.40 bits per heavy atom. The number of rotatable bonds is 1. The van der Waals surface area contributed by atoms with Crippen LogP contribution >= 0.6 is 0 Å². The number of halogens is 2. The zero-order chi connectivity index (χ0) is 7.56. The molecule has 2 nitrogen and oxygen atoms in total. The summed E-state index contributed by atoms with van der Waals surface area (Å²) in [5.74, 6) is -0.328. The van der Waals surface area contributed by atoms with Crippen LogP contribution in [0.5, 0.6) is 0 Å². The van der Waals surface area contributed by atoms with E-state index in [4.69, 9.17) is 0 Å². The summed E-state index contributed by atoms with van der Waals surface area (Å²) in [6.07, 6.45) is 1.39. The van der Waals surface area contributed by atoms with Crippen LogP contribution in [0, 0.1) is 6.92 Å². The van der Waals surface area contributed by atoms with Crippen molar-refractivity contribution < 1.29 is 8.96 Å². The van der Waals surface area contributed by atoms with Gasteiger partial charge in [-0.1, -0.05) is 15.0 Å². The van der Waals surface area contributed by atoms with E-state index in [0.717, 1.165) is 5.56 Å². The minimum Gasteiger partial charge on any atom is -0.234 e. The van der Waals surface area contributed by atoms with Gasteiger partial charge in [0.2, 0.25) is 0 Å². The van der Waals surface area contributed by atoms with E-state index in [9.17, 15) is 8.96 Å². The maximum absolute atomic E-state index is 11.7. The maximum atomic E-state index is 11.7. The van der Waals surface area contributed by atoms with E-state index in [-0.39, 0.29) is 5.82 Å². The van der Waals surface area contributed by atoms with Crippen molar-refractivity contribution in [2.75, 3.05) is 5.34 Å². The van der Waals surface area contributed by atoms with Crippen molar-refractivity contribution in [2.24, 2.45) is 0 Å². The van der Waals surface area contributed by atoms with Crippen LogP contribution in [0.3, 0.4) is 0 Å². The largest absolute Gasteiger partial charge is 0.234 e. The van der Waals surface area contributed by atoms with Gasteiger partial charge in [0.15, 0.2) is 5.82 Å². The van der Waals surface area contributed by atoms with Crippen LogP contribution in [0.25, 0.3) is 0 Å². The van der Waals surface area contributed by atoms with Crippen LogP contribution in [-0.2, 0) is 0 Å². The third-order valence-electron chi connectivity index (χ3n) is 1.07. The van der Waals surface area contributed by atoms with E-state index < -0.39 is 5.34 Å². The number of hydrogen-bond donors (Lipinski definition) is 0. The van der Waals surface area contributed by atoms with Crippen molar-refractivity contribution in [1.82, 2.24) is 4.98 Å². The Hall–Kier alpha value is -1.19. The molecule has 0 saturated carbocycles. The van der Waals surface area contributed by atoms with E-state index in [1.807, 2.05) is 0 Å². The zero-order valence-electron chi connectivity index (χ0n) is 5.38. The number of hydrogen-bond acceptors (Lipinski definition) is 2. The molecule has 0 spiro atoms. The van der Waals surface area contributed by atoms with E-state index in [1.165, 1.54) is 12.3 Å². The highest BCUT2D eigenvalue weighted by Crippen LogP contribution is 2.10. The van der Waals surface area contributed by atoms with Crippen molar-refractivity contribution in [3.63, 3.8) is 0 Å². The molecule has 0 radical (unpaired) electrons. The highest BCUT2D eigenvalue weighted by Gasteiger charge is 2.01. The summed E-state index contributed by atoms with van der Waals surface area (Å²) in [6, 6.07) is 2.84. The Bertz CT molecular complexity index is 207.